The Morgan fingerprint density at radius 3 is 2.56 bits per heavy atom. The average molecular weight is 251 g/mol. The molecule has 1 saturated heterocycles. The van der Waals surface area contributed by atoms with Crippen LogP contribution in [-0.2, 0) is 9.47 Å². The summed E-state index contributed by atoms with van der Waals surface area (Å²) in [7, 11) is 0. The van der Waals surface area contributed by atoms with Crippen LogP contribution >= 0.6 is 0 Å². The number of ether oxygens (including phenoxy) is 3. The van der Waals surface area contributed by atoms with E-state index < -0.39 is 0 Å². The van der Waals surface area contributed by atoms with Crippen molar-refractivity contribution in [2.75, 3.05) is 19.8 Å². The number of hydrogen-bond donors (Lipinski definition) is 1. The van der Waals surface area contributed by atoms with Gasteiger partial charge in [0.1, 0.15) is 5.75 Å². The van der Waals surface area contributed by atoms with E-state index in [1.54, 1.807) is 0 Å². The molecule has 0 aliphatic carbocycles. The summed E-state index contributed by atoms with van der Waals surface area (Å²) in [5, 5.41) is 0. The first-order chi connectivity index (χ1) is 8.79. The summed E-state index contributed by atoms with van der Waals surface area (Å²) in [5.74, 6) is 0.890. The SMILES string of the molecule is CCCOc1ccc(C(N)CC2OCCO2)cc1. The molecule has 0 spiro atoms. The molecule has 0 saturated carbocycles. The molecule has 100 valence electrons. The van der Waals surface area contributed by atoms with Gasteiger partial charge in [0.2, 0.25) is 0 Å². The van der Waals surface area contributed by atoms with Crippen molar-refractivity contribution < 1.29 is 14.2 Å². The Morgan fingerprint density at radius 1 is 1.28 bits per heavy atom. The molecule has 2 N–H and O–H groups in total. The summed E-state index contributed by atoms with van der Waals surface area (Å²) in [6.07, 6.45) is 1.54. The minimum atomic E-state index is -0.156. The predicted molar refractivity (Wildman–Crippen MR) is 69.5 cm³/mol. The van der Waals surface area contributed by atoms with Gasteiger partial charge in [0.05, 0.1) is 19.8 Å². The van der Waals surface area contributed by atoms with Crippen molar-refractivity contribution in [3.63, 3.8) is 0 Å². The van der Waals surface area contributed by atoms with Crippen LogP contribution in [0.5, 0.6) is 5.75 Å². The summed E-state index contributed by atoms with van der Waals surface area (Å²) in [4.78, 5) is 0. The van der Waals surface area contributed by atoms with E-state index in [0.29, 0.717) is 19.6 Å². The number of benzene rings is 1. The summed E-state index contributed by atoms with van der Waals surface area (Å²) in [6, 6.07) is 7.87. The first-order valence-corrected chi connectivity index (χ1v) is 6.51. The van der Waals surface area contributed by atoms with Crippen molar-refractivity contribution in [3.05, 3.63) is 29.8 Å². The van der Waals surface area contributed by atoms with Crippen LogP contribution in [-0.4, -0.2) is 26.1 Å². The second-order valence-corrected chi connectivity index (χ2v) is 4.43. The van der Waals surface area contributed by atoms with Gasteiger partial charge in [-0.3, -0.25) is 0 Å². The standard InChI is InChI=1S/C14H21NO3/c1-2-7-16-12-5-3-11(4-6-12)13(15)10-14-17-8-9-18-14/h3-6,13-14H,2,7-10,15H2,1H3. The highest BCUT2D eigenvalue weighted by atomic mass is 16.7. The van der Waals surface area contributed by atoms with E-state index in [0.717, 1.165) is 24.3 Å². The molecule has 4 nitrogen and oxygen atoms in total. The van der Waals surface area contributed by atoms with Crippen molar-refractivity contribution in [3.8, 4) is 5.75 Å². The lowest BCUT2D eigenvalue weighted by Gasteiger charge is -2.16. The minimum Gasteiger partial charge on any atom is -0.494 e. The summed E-state index contributed by atoms with van der Waals surface area (Å²) < 4.78 is 16.3. The van der Waals surface area contributed by atoms with Gasteiger partial charge in [0, 0.05) is 12.5 Å². The van der Waals surface area contributed by atoms with Gasteiger partial charge in [-0.15, -0.1) is 0 Å². The van der Waals surface area contributed by atoms with E-state index in [2.05, 4.69) is 6.92 Å². The molecule has 1 aromatic carbocycles. The average Bonchev–Trinajstić information content (AvgIpc) is 2.89. The van der Waals surface area contributed by atoms with E-state index in [9.17, 15) is 0 Å². The Morgan fingerprint density at radius 2 is 1.94 bits per heavy atom. The van der Waals surface area contributed by atoms with Crippen molar-refractivity contribution in [1.29, 1.82) is 0 Å². The lowest BCUT2D eigenvalue weighted by Crippen LogP contribution is -2.19. The molecule has 1 aromatic rings. The molecular weight excluding hydrogens is 230 g/mol. The second-order valence-electron chi connectivity index (χ2n) is 4.43. The topological polar surface area (TPSA) is 53.7 Å². The molecule has 0 bridgehead atoms. The fourth-order valence-electron chi connectivity index (χ4n) is 1.92. The third-order valence-corrected chi connectivity index (χ3v) is 2.92. The molecule has 18 heavy (non-hydrogen) atoms. The Hall–Kier alpha value is -1.10. The number of hydrogen-bond acceptors (Lipinski definition) is 4. The number of nitrogens with two attached hydrogens (primary N) is 1. The van der Waals surface area contributed by atoms with Crippen molar-refractivity contribution >= 4 is 0 Å². The summed E-state index contributed by atoms with van der Waals surface area (Å²) in [6.45, 7) is 4.17. The molecule has 2 rings (SSSR count). The first-order valence-electron chi connectivity index (χ1n) is 6.51. The van der Waals surface area contributed by atoms with E-state index >= 15 is 0 Å². The lowest BCUT2D eigenvalue weighted by molar-refractivity contribution is -0.0507. The Bertz CT molecular complexity index is 347. The quantitative estimate of drug-likeness (QED) is 0.842. The van der Waals surface area contributed by atoms with Crippen LogP contribution < -0.4 is 10.5 Å². The monoisotopic (exact) mass is 251 g/mol. The minimum absolute atomic E-state index is 0.0617. The van der Waals surface area contributed by atoms with Crippen LogP contribution in [0.4, 0.5) is 0 Å². The van der Waals surface area contributed by atoms with Crippen molar-refractivity contribution in [2.45, 2.75) is 32.1 Å². The molecule has 4 heteroatoms. The first kappa shape index (κ1) is 13.3. The number of rotatable bonds is 6. The van der Waals surface area contributed by atoms with Crippen LogP contribution in [0.1, 0.15) is 31.4 Å². The zero-order chi connectivity index (χ0) is 12.8. The zero-order valence-electron chi connectivity index (χ0n) is 10.8. The van der Waals surface area contributed by atoms with Gasteiger partial charge in [0.15, 0.2) is 6.29 Å². The highest BCUT2D eigenvalue weighted by Gasteiger charge is 2.20. The lowest BCUT2D eigenvalue weighted by atomic mass is 10.0. The van der Waals surface area contributed by atoms with Gasteiger partial charge in [0.25, 0.3) is 0 Å². The summed E-state index contributed by atoms with van der Waals surface area (Å²) >= 11 is 0. The normalized spacial score (nSPS) is 17.9. The van der Waals surface area contributed by atoms with Crippen LogP contribution in [0.15, 0.2) is 24.3 Å². The third-order valence-electron chi connectivity index (χ3n) is 2.92. The van der Waals surface area contributed by atoms with Crippen LogP contribution in [0, 0.1) is 0 Å². The molecule has 1 fully saturated rings. The maximum absolute atomic E-state index is 6.12. The Kier molecular flexibility index (Phi) is 4.99. The van der Waals surface area contributed by atoms with E-state index in [1.165, 1.54) is 0 Å². The predicted octanol–water partition coefficient (Wildman–Crippen LogP) is 2.24. The molecule has 1 atom stereocenters. The molecule has 1 unspecified atom stereocenters. The zero-order valence-corrected chi connectivity index (χ0v) is 10.8. The molecule has 0 amide bonds. The van der Waals surface area contributed by atoms with Gasteiger partial charge in [-0.1, -0.05) is 19.1 Å². The molecule has 1 heterocycles. The van der Waals surface area contributed by atoms with Crippen molar-refractivity contribution in [2.24, 2.45) is 5.73 Å². The van der Waals surface area contributed by atoms with E-state index in [-0.39, 0.29) is 12.3 Å². The van der Waals surface area contributed by atoms with Crippen molar-refractivity contribution in [1.82, 2.24) is 0 Å². The fraction of sp³-hybridized carbons (Fsp3) is 0.571. The van der Waals surface area contributed by atoms with Gasteiger partial charge in [-0.05, 0) is 24.1 Å². The highest BCUT2D eigenvalue weighted by molar-refractivity contribution is 5.29. The molecular formula is C14H21NO3. The molecule has 1 aliphatic heterocycles. The molecule has 0 radical (unpaired) electrons. The smallest absolute Gasteiger partial charge is 0.159 e. The fourth-order valence-corrected chi connectivity index (χ4v) is 1.92. The maximum Gasteiger partial charge on any atom is 0.159 e. The second kappa shape index (κ2) is 6.73. The third kappa shape index (κ3) is 3.70. The van der Waals surface area contributed by atoms with Crippen LogP contribution in [0.2, 0.25) is 0 Å². The van der Waals surface area contributed by atoms with Gasteiger partial charge < -0.3 is 19.9 Å². The largest absolute Gasteiger partial charge is 0.494 e. The molecule has 1 aliphatic rings. The van der Waals surface area contributed by atoms with Crippen LogP contribution in [0.3, 0.4) is 0 Å². The maximum atomic E-state index is 6.12. The summed E-state index contributed by atoms with van der Waals surface area (Å²) in [5.41, 5.74) is 7.21. The van der Waals surface area contributed by atoms with E-state index in [4.69, 9.17) is 19.9 Å². The van der Waals surface area contributed by atoms with Gasteiger partial charge in [-0.25, -0.2) is 0 Å². The van der Waals surface area contributed by atoms with Gasteiger partial charge >= 0.3 is 0 Å². The molecule has 0 aromatic heterocycles. The Labute approximate surface area is 108 Å². The van der Waals surface area contributed by atoms with E-state index in [1.807, 2.05) is 24.3 Å². The highest BCUT2D eigenvalue weighted by Crippen LogP contribution is 2.22. The van der Waals surface area contributed by atoms with Gasteiger partial charge in [-0.2, -0.15) is 0 Å². The Balaban J connectivity index is 1.87. The van der Waals surface area contributed by atoms with Crippen LogP contribution in [0.25, 0.3) is 0 Å².